The molecule has 3 heterocycles. The average Bonchev–Trinajstić information content (AvgIpc) is 3.24. The van der Waals surface area contributed by atoms with E-state index in [1.54, 1.807) is 0 Å². The van der Waals surface area contributed by atoms with Crippen LogP contribution in [0.2, 0.25) is 0 Å². The third-order valence-corrected chi connectivity index (χ3v) is 8.98. The molecule has 0 radical (unpaired) electrons. The molecule has 4 aliphatic rings. The summed E-state index contributed by atoms with van der Waals surface area (Å²) in [6.07, 6.45) is 7.80. The highest BCUT2D eigenvalue weighted by molar-refractivity contribution is 6.19. The summed E-state index contributed by atoms with van der Waals surface area (Å²) in [6, 6.07) is 18.9. The number of benzene rings is 3. The van der Waals surface area contributed by atoms with Crippen LogP contribution in [-0.2, 0) is 21.5 Å². The van der Waals surface area contributed by atoms with Crippen LogP contribution in [0.3, 0.4) is 0 Å². The number of anilines is 1. The Labute approximate surface area is 217 Å². The Morgan fingerprint density at radius 2 is 1.65 bits per heavy atom. The molecule has 0 bridgehead atoms. The summed E-state index contributed by atoms with van der Waals surface area (Å²) in [5.41, 5.74) is 4.72. The molecule has 3 aromatic carbocycles. The number of nitrogens with zero attached hydrogens (tertiary/aromatic N) is 2. The number of carbonyl (C=O) groups excluding carboxylic acids is 2. The summed E-state index contributed by atoms with van der Waals surface area (Å²) in [5, 5.41) is 2.38. The normalized spacial score (nSPS) is 23.5. The smallest absolute Gasteiger partial charge is 0.257 e. The Morgan fingerprint density at radius 1 is 0.919 bits per heavy atom. The van der Waals surface area contributed by atoms with Crippen LogP contribution in [0.15, 0.2) is 71.8 Å². The van der Waals surface area contributed by atoms with E-state index in [0.717, 1.165) is 65.0 Å². The zero-order valence-electron chi connectivity index (χ0n) is 21.5. The van der Waals surface area contributed by atoms with Crippen LogP contribution in [0, 0.1) is 0 Å². The molecule has 37 heavy (non-hydrogen) atoms. The molecule has 2 amide bonds. The number of hydrogen-bond acceptors (Lipinski definition) is 4. The van der Waals surface area contributed by atoms with E-state index in [4.69, 9.17) is 4.74 Å². The van der Waals surface area contributed by atoms with E-state index in [1.807, 2.05) is 6.07 Å². The Bertz CT molecular complexity index is 1550. The molecule has 1 spiro atoms. The van der Waals surface area contributed by atoms with Gasteiger partial charge in [-0.15, -0.1) is 0 Å². The van der Waals surface area contributed by atoms with Crippen LogP contribution in [0.4, 0.5) is 5.69 Å². The summed E-state index contributed by atoms with van der Waals surface area (Å²) in [6.45, 7) is 4.72. The molecule has 0 saturated carbocycles. The molecule has 186 valence electrons. The zero-order valence-corrected chi connectivity index (χ0v) is 21.5. The lowest BCUT2D eigenvalue weighted by Crippen LogP contribution is -2.58. The minimum absolute atomic E-state index is 0.101. The Hall–Kier alpha value is -3.86. The summed E-state index contributed by atoms with van der Waals surface area (Å²) in [5.74, 6) is 0.671. The van der Waals surface area contributed by atoms with Gasteiger partial charge in [-0.25, -0.2) is 0 Å². The fraction of sp³-hybridized carbons (Fsp3) is 0.312. The predicted octanol–water partition coefficient (Wildman–Crippen LogP) is 6.11. The SMILES string of the molecule is CN1c2ccc(CN3C(=O)C4=C(CCCC4)C3=O)cc2C(C)(C)C12C=Cc1c(ccc3ccccc13)O2. The summed E-state index contributed by atoms with van der Waals surface area (Å²) >= 11 is 0. The number of likely N-dealkylation sites (N-methyl/N-ethyl adjacent to an activating group) is 1. The zero-order chi connectivity index (χ0) is 25.5. The number of rotatable bonds is 2. The van der Waals surface area contributed by atoms with Gasteiger partial charge in [0.05, 0.1) is 12.0 Å². The Balaban J connectivity index is 1.24. The van der Waals surface area contributed by atoms with E-state index in [0.29, 0.717) is 6.54 Å². The van der Waals surface area contributed by atoms with Crippen LogP contribution in [0.25, 0.3) is 16.8 Å². The highest BCUT2D eigenvalue weighted by Crippen LogP contribution is 2.55. The van der Waals surface area contributed by atoms with Gasteiger partial charge in [-0.1, -0.05) is 42.5 Å². The first-order valence-corrected chi connectivity index (χ1v) is 13.2. The lowest BCUT2D eigenvalue weighted by atomic mass is 9.76. The van der Waals surface area contributed by atoms with Crippen molar-refractivity contribution in [2.45, 2.75) is 57.2 Å². The third-order valence-electron chi connectivity index (χ3n) is 8.98. The predicted molar refractivity (Wildman–Crippen MR) is 145 cm³/mol. The quantitative estimate of drug-likeness (QED) is 0.407. The lowest BCUT2D eigenvalue weighted by molar-refractivity contribution is -0.138. The standard InChI is InChI=1S/C32H30N2O3/c1-31(2)26-18-20(19-34-29(35)24-10-6-7-11-25(24)30(34)36)12-14-27(26)33(3)32(31)17-16-23-22-9-5-4-8-21(22)13-15-28(23)37-32/h4-5,8-9,12-18H,6-7,10-11,19H2,1-3H3. The van der Waals surface area contributed by atoms with E-state index < -0.39 is 5.72 Å². The first-order valence-electron chi connectivity index (χ1n) is 13.2. The van der Waals surface area contributed by atoms with Gasteiger partial charge in [0.15, 0.2) is 0 Å². The lowest BCUT2D eigenvalue weighted by Gasteiger charge is -2.46. The Kier molecular flexibility index (Phi) is 4.58. The number of fused-ring (bicyclic) bond motifs is 4. The van der Waals surface area contributed by atoms with Crippen molar-refractivity contribution in [1.82, 2.24) is 4.90 Å². The second kappa shape index (κ2) is 7.58. The van der Waals surface area contributed by atoms with Gasteiger partial charge in [0, 0.05) is 29.4 Å². The van der Waals surface area contributed by atoms with Crippen molar-refractivity contribution >= 4 is 34.4 Å². The van der Waals surface area contributed by atoms with Crippen molar-refractivity contribution in [2.75, 3.05) is 11.9 Å². The van der Waals surface area contributed by atoms with Gasteiger partial charge in [-0.2, -0.15) is 0 Å². The van der Waals surface area contributed by atoms with E-state index in [-0.39, 0.29) is 17.2 Å². The van der Waals surface area contributed by atoms with Crippen molar-refractivity contribution in [1.29, 1.82) is 0 Å². The fourth-order valence-electron chi connectivity index (χ4n) is 6.84. The summed E-state index contributed by atoms with van der Waals surface area (Å²) < 4.78 is 6.88. The maximum atomic E-state index is 13.0. The topological polar surface area (TPSA) is 49.9 Å². The maximum Gasteiger partial charge on any atom is 0.257 e. The van der Waals surface area contributed by atoms with Crippen molar-refractivity contribution in [3.63, 3.8) is 0 Å². The first-order chi connectivity index (χ1) is 17.8. The maximum absolute atomic E-state index is 13.0. The van der Waals surface area contributed by atoms with Crippen LogP contribution < -0.4 is 9.64 Å². The van der Waals surface area contributed by atoms with Gasteiger partial charge < -0.3 is 9.64 Å². The van der Waals surface area contributed by atoms with Crippen molar-refractivity contribution < 1.29 is 14.3 Å². The van der Waals surface area contributed by atoms with Crippen LogP contribution >= 0.6 is 0 Å². The Morgan fingerprint density at radius 3 is 2.41 bits per heavy atom. The molecule has 7 rings (SSSR count). The average molecular weight is 491 g/mol. The molecular formula is C32H30N2O3. The second-order valence-corrected chi connectivity index (χ2v) is 11.2. The highest BCUT2D eigenvalue weighted by Gasteiger charge is 2.57. The number of carbonyl (C=O) groups is 2. The minimum Gasteiger partial charge on any atom is -0.463 e. The molecule has 5 nitrogen and oxygen atoms in total. The first kappa shape index (κ1) is 22.3. The van der Waals surface area contributed by atoms with Gasteiger partial charge in [-0.05, 0) is 85.7 Å². The second-order valence-electron chi connectivity index (χ2n) is 11.2. The molecular weight excluding hydrogens is 460 g/mol. The van der Waals surface area contributed by atoms with Gasteiger partial charge in [0.1, 0.15) is 5.75 Å². The molecule has 0 N–H and O–H groups in total. The molecule has 0 aromatic heterocycles. The number of ether oxygens (including phenoxy) is 1. The molecule has 0 saturated heterocycles. The largest absolute Gasteiger partial charge is 0.463 e. The van der Waals surface area contributed by atoms with Crippen molar-refractivity contribution in [3.8, 4) is 5.75 Å². The third kappa shape index (κ3) is 2.91. The van der Waals surface area contributed by atoms with E-state index >= 15 is 0 Å². The minimum atomic E-state index is -0.691. The van der Waals surface area contributed by atoms with Gasteiger partial charge in [0.2, 0.25) is 5.72 Å². The van der Waals surface area contributed by atoms with Crippen LogP contribution in [0.5, 0.6) is 5.75 Å². The van der Waals surface area contributed by atoms with Gasteiger partial charge in [-0.3, -0.25) is 14.5 Å². The van der Waals surface area contributed by atoms with Gasteiger partial charge in [0.25, 0.3) is 11.8 Å². The fourth-order valence-corrected chi connectivity index (χ4v) is 6.84. The molecule has 1 unspecified atom stereocenters. The highest BCUT2D eigenvalue weighted by atomic mass is 16.5. The summed E-state index contributed by atoms with van der Waals surface area (Å²) in [4.78, 5) is 29.7. The van der Waals surface area contributed by atoms with Crippen molar-refractivity contribution in [2.24, 2.45) is 0 Å². The van der Waals surface area contributed by atoms with E-state index in [2.05, 4.69) is 86.5 Å². The van der Waals surface area contributed by atoms with Gasteiger partial charge >= 0.3 is 0 Å². The number of amides is 2. The molecule has 1 atom stereocenters. The van der Waals surface area contributed by atoms with E-state index in [1.165, 1.54) is 15.7 Å². The monoisotopic (exact) mass is 490 g/mol. The molecule has 1 aliphatic carbocycles. The molecule has 5 heteroatoms. The van der Waals surface area contributed by atoms with Crippen LogP contribution in [-0.4, -0.2) is 29.5 Å². The number of hydrogen-bond donors (Lipinski definition) is 0. The number of imide groups is 1. The van der Waals surface area contributed by atoms with Crippen molar-refractivity contribution in [3.05, 3.63) is 88.5 Å². The molecule has 3 aromatic rings. The van der Waals surface area contributed by atoms with Crippen LogP contribution in [0.1, 0.15) is 56.2 Å². The summed E-state index contributed by atoms with van der Waals surface area (Å²) in [7, 11) is 2.08. The van der Waals surface area contributed by atoms with E-state index in [9.17, 15) is 9.59 Å². The molecule has 0 fully saturated rings. The molecule has 3 aliphatic heterocycles.